The minimum atomic E-state index is 0.443. The summed E-state index contributed by atoms with van der Waals surface area (Å²) in [5, 5.41) is 4.73. The molecule has 1 aromatic rings. The van der Waals surface area contributed by atoms with Crippen LogP contribution >= 0.6 is 11.3 Å². The second-order valence-electron chi connectivity index (χ2n) is 5.87. The smallest absolute Gasteiger partial charge is 0.186 e. The predicted octanol–water partition coefficient (Wildman–Crippen LogP) is 2.75. The molecule has 0 spiro atoms. The molecule has 1 N–H and O–H groups in total. The van der Waals surface area contributed by atoms with E-state index in [0.29, 0.717) is 6.04 Å². The summed E-state index contributed by atoms with van der Waals surface area (Å²) in [5.41, 5.74) is 1.37. The first-order chi connectivity index (χ1) is 9.79. The van der Waals surface area contributed by atoms with Gasteiger partial charge in [0.25, 0.3) is 0 Å². The Morgan fingerprint density at radius 1 is 1.45 bits per heavy atom. The van der Waals surface area contributed by atoms with Crippen molar-refractivity contribution in [3.8, 4) is 0 Å². The lowest BCUT2D eigenvalue weighted by molar-refractivity contribution is 0.0989. The maximum Gasteiger partial charge on any atom is 0.186 e. The second kappa shape index (κ2) is 6.41. The molecule has 1 aliphatic carbocycles. The van der Waals surface area contributed by atoms with E-state index in [2.05, 4.69) is 24.1 Å². The van der Waals surface area contributed by atoms with Gasteiger partial charge in [-0.2, -0.15) is 0 Å². The SMILES string of the molecule is CCCNCc1sc(N2CCOCC2C)nc1C1CC1. The van der Waals surface area contributed by atoms with E-state index in [-0.39, 0.29) is 0 Å². The van der Waals surface area contributed by atoms with Crippen molar-refractivity contribution in [2.24, 2.45) is 0 Å². The lowest BCUT2D eigenvalue weighted by Crippen LogP contribution is -2.43. The zero-order valence-corrected chi connectivity index (χ0v) is 13.3. The molecule has 2 heterocycles. The van der Waals surface area contributed by atoms with Crippen LogP contribution < -0.4 is 10.2 Å². The molecule has 0 radical (unpaired) electrons. The summed E-state index contributed by atoms with van der Waals surface area (Å²) < 4.78 is 5.53. The molecule has 4 nitrogen and oxygen atoms in total. The first kappa shape index (κ1) is 14.3. The van der Waals surface area contributed by atoms with Crippen LogP contribution in [0.3, 0.4) is 0 Å². The Morgan fingerprint density at radius 2 is 2.30 bits per heavy atom. The zero-order chi connectivity index (χ0) is 13.9. The Morgan fingerprint density at radius 3 is 3.00 bits per heavy atom. The minimum absolute atomic E-state index is 0.443. The molecule has 1 unspecified atom stereocenters. The number of rotatable bonds is 6. The summed E-state index contributed by atoms with van der Waals surface area (Å²) in [6, 6.07) is 0.443. The molecule has 5 heteroatoms. The van der Waals surface area contributed by atoms with Gasteiger partial charge in [0.05, 0.1) is 24.9 Å². The van der Waals surface area contributed by atoms with Crippen LogP contribution in [0.2, 0.25) is 0 Å². The number of nitrogens with zero attached hydrogens (tertiary/aromatic N) is 2. The maximum absolute atomic E-state index is 5.53. The lowest BCUT2D eigenvalue weighted by atomic mass is 10.2. The van der Waals surface area contributed by atoms with Crippen molar-refractivity contribution < 1.29 is 4.74 Å². The fraction of sp³-hybridized carbons (Fsp3) is 0.800. The molecule has 1 aliphatic heterocycles. The number of thiazole rings is 1. The predicted molar refractivity (Wildman–Crippen MR) is 83.7 cm³/mol. The van der Waals surface area contributed by atoms with Gasteiger partial charge in [0.2, 0.25) is 0 Å². The zero-order valence-electron chi connectivity index (χ0n) is 12.5. The van der Waals surface area contributed by atoms with Crippen molar-refractivity contribution in [2.45, 2.75) is 51.6 Å². The van der Waals surface area contributed by atoms with Crippen LogP contribution in [0, 0.1) is 0 Å². The van der Waals surface area contributed by atoms with E-state index in [1.807, 2.05) is 11.3 Å². The van der Waals surface area contributed by atoms with Crippen LogP contribution in [-0.2, 0) is 11.3 Å². The molecule has 1 saturated heterocycles. The van der Waals surface area contributed by atoms with Gasteiger partial charge in [-0.25, -0.2) is 4.98 Å². The largest absolute Gasteiger partial charge is 0.377 e. The number of aromatic nitrogens is 1. The Hall–Kier alpha value is -0.650. The molecule has 0 bridgehead atoms. The van der Waals surface area contributed by atoms with Gasteiger partial charge >= 0.3 is 0 Å². The topological polar surface area (TPSA) is 37.4 Å². The molecule has 1 saturated carbocycles. The third-order valence-electron chi connectivity index (χ3n) is 4.01. The third kappa shape index (κ3) is 3.15. The Kier molecular flexibility index (Phi) is 4.58. The van der Waals surface area contributed by atoms with Crippen LogP contribution in [0.1, 0.15) is 49.6 Å². The van der Waals surface area contributed by atoms with Crippen LogP contribution in [0.4, 0.5) is 5.13 Å². The van der Waals surface area contributed by atoms with Crippen molar-refractivity contribution in [1.82, 2.24) is 10.3 Å². The van der Waals surface area contributed by atoms with Crippen molar-refractivity contribution in [3.05, 3.63) is 10.6 Å². The number of anilines is 1. The summed E-state index contributed by atoms with van der Waals surface area (Å²) in [4.78, 5) is 8.85. The van der Waals surface area contributed by atoms with Gasteiger partial charge in [-0.05, 0) is 32.7 Å². The molecule has 2 aliphatic rings. The summed E-state index contributed by atoms with van der Waals surface area (Å²) in [7, 11) is 0. The molecule has 0 aromatic carbocycles. The molecule has 20 heavy (non-hydrogen) atoms. The monoisotopic (exact) mass is 295 g/mol. The van der Waals surface area contributed by atoms with Gasteiger partial charge in [0, 0.05) is 23.9 Å². The highest BCUT2D eigenvalue weighted by molar-refractivity contribution is 7.15. The van der Waals surface area contributed by atoms with Gasteiger partial charge in [-0.15, -0.1) is 11.3 Å². The highest BCUT2D eigenvalue weighted by Crippen LogP contribution is 2.44. The maximum atomic E-state index is 5.53. The summed E-state index contributed by atoms with van der Waals surface area (Å²) >= 11 is 1.89. The standard InChI is InChI=1S/C15H25N3OS/c1-3-6-16-9-13-14(12-4-5-12)17-15(20-13)18-7-8-19-10-11(18)2/h11-12,16H,3-10H2,1-2H3. The molecular weight excluding hydrogens is 270 g/mol. The van der Waals surface area contributed by atoms with Gasteiger partial charge < -0.3 is 15.0 Å². The van der Waals surface area contributed by atoms with Gasteiger partial charge in [0.1, 0.15) is 0 Å². The first-order valence-electron chi connectivity index (χ1n) is 7.84. The summed E-state index contributed by atoms with van der Waals surface area (Å²) in [6.07, 6.45) is 3.83. The van der Waals surface area contributed by atoms with E-state index in [4.69, 9.17) is 9.72 Å². The molecule has 112 valence electrons. The number of hydrogen-bond donors (Lipinski definition) is 1. The second-order valence-corrected chi connectivity index (χ2v) is 6.94. The van der Waals surface area contributed by atoms with Crippen molar-refractivity contribution in [3.63, 3.8) is 0 Å². The highest BCUT2D eigenvalue weighted by Gasteiger charge is 2.31. The molecule has 0 amide bonds. The average Bonchev–Trinajstić information content (AvgIpc) is 3.21. The van der Waals surface area contributed by atoms with Gasteiger partial charge in [-0.3, -0.25) is 0 Å². The molecular formula is C15H25N3OS. The number of ether oxygens (including phenoxy) is 1. The van der Waals surface area contributed by atoms with Crippen molar-refractivity contribution in [2.75, 3.05) is 31.2 Å². The van der Waals surface area contributed by atoms with Gasteiger partial charge in [-0.1, -0.05) is 6.92 Å². The van der Waals surface area contributed by atoms with E-state index < -0.39 is 0 Å². The number of morpholine rings is 1. The van der Waals surface area contributed by atoms with Crippen LogP contribution in [0.15, 0.2) is 0 Å². The Bertz CT molecular complexity index is 444. The summed E-state index contributed by atoms with van der Waals surface area (Å²) in [5.74, 6) is 0.731. The summed E-state index contributed by atoms with van der Waals surface area (Å²) in [6.45, 7) is 9.13. The molecule has 1 atom stereocenters. The molecule has 2 fully saturated rings. The van der Waals surface area contributed by atoms with Crippen molar-refractivity contribution in [1.29, 1.82) is 0 Å². The normalized spacial score (nSPS) is 23.3. The molecule has 1 aromatic heterocycles. The first-order valence-corrected chi connectivity index (χ1v) is 8.66. The van der Waals surface area contributed by atoms with E-state index in [1.165, 1.54) is 35.0 Å². The average molecular weight is 295 g/mol. The van der Waals surface area contributed by atoms with E-state index in [9.17, 15) is 0 Å². The van der Waals surface area contributed by atoms with Crippen molar-refractivity contribution >= 4 is 16.5 Å². The fourth-order valence-electron chi connectivity index (χ4n) is 2.67. The lowest BCUT2D eigenvalue weighted by Gasteiger charge is -2.32. The van der Waals surface area contributed by atoms with Crippen LogP contribution in [-0.4, -0.2) is 37.3 Å². The van der Waals surface area contributed by atoms with E-state index >= 15 is 0 Å². The van der Waals surface area contributed by atoms with E-state index in [0.717, 1.165) is 38.8 Å². The van der Waals surface area contributed by atoms with Crippen LogP contribution in [0.5, 0.6) is 0 Å². The van der Waals surface area contributed by atoms with Gasteiger partial charge in [0.15, 0.2) is 5.13 Å². The fourth-order valence-corrected chi connectivity index (χ4v) is 3.91. The molecule has 3 rings (SSSR count). The number of nitrogens with one attached hydrogen (secondary N) is 1. The van der Waals surface area contributed by atoms with Crippen LogP contribution in [0.25, 0.3) is 0 Å². The van der Waals surface area contributed by atoms with E-state index in [1.54, 1.807) is 0 Å². The minimum Gasteiger partial charge on any atom is -0.377 e. The Labute approximate surface area is 125 Å². The Balaban J connectivity index is 1.75. The third-order valence-corrected chi connectivity index (χ3v) is 5.11. The number of hydrogen-bond acceptors (Lipinski definition) is 5. The highest BCUT2D eigenvalue weighted by atomic mass is 32.1. The quantitative estimate of drug-likeness (QED) is 0.819.